The molecule has 0 spiro atoms. The van der Waals surface area contributed by atoms with Gasteiger partial charge in [-0.15, -0.1) is 0 Å². The molecule has 0 unspecified atom stereocenters. The normalized spacial score (nSPS) is 10.3. The Bertz CT molecular complexity index is 588. The number of ether oxygens (including phenoxy) is 3. The predicted molar refractivity (Wildman–Crippen MR) is 81.3 cm³/mol. The number of aliphatic hydroxyl groups excluding tert-OH is 1. The highest BCUT2D eigenvalue weighted by molar-refractivity contribution is 6.30. The molecule has 0 aliphatic heterocycles. The molecule has 0 amide bonds. The lowest BCUT2D eigenvalue weighted by Crippen LogP contribution is -2.01. The fourth-order valence-corrected chi connectivity index (χ4v) is 2.16. The summed E-state index contributed by atoms with van der Waals surface area (Å²) in [5.74, 6) is 1.53. The molecule has 5 heteroatoms. The summed E-state index contributed by atoms with van der Waals surface area (Å²) in [4.78, 5) is 0. The van der Waals surface area contributed by atoms with Crippen LogP contribution in [-0.4, -0.2) is 19.3 Å². The molecular weight excluding hydrogens is 292 g/mol. The molecule has 21 heavy (non-hydrogen) atoms. The second-order valence-electron chi connectivity index (χ2n) is 4.41. The van der Waals surface area contributed by atoms with E-state index < -0.39 is 0 Å². The molecule has 2 rings (SSSR count). The lowest BCUT2D eigenvalue weighted by atomic mass is 10.2. The Morgan fingerprint density at radius 1 is 1.00 bits per heavy atom. The minimum atomic E-state index is -0.0959. The first-order valence-corrected chi connectivity index (χ1v) is 6.78. The van der Waals surface area contributed by atoms with E-state index >= 15 is 0 Å². The molecule has 4 nitrogen and oxygen atoms in total. The van der Waals surface area contributed by atoms with Crippen molar-refractivity contribution >= 4 is 11.6 Å². The molecule has 2 aromatic carbocycles. The fraction of sp³-hybridized carbons (Fsp3) is 0.250. The Labute approximate surface area is 128 Å². The number of benzene rings is 2. The number of hydrogen-bond donors (Lipinski definition) is 1. The molecule has 0 bridgehead atoms. The molecule has 0 radical (unpaired) electrons. The Kier molecular flexibility index (Phi) is 5.31. The third-order valence-electron chi connectivity index (χ3n) is 2.98. The van der Waals surface area contributed by atoms with E-state index in [-0.39, 0.29) is 6.61 Å². The molecule has 1 N–H and O–H groups in total. The van der Waals surface area contributed by atoms with Gasteiger partial charge in [0.05, 0.1) is 20.8 Å². The van der Waals surface area contributed by atoms with Crippen molar-refractivity contribution < 1.29 is 19.3 Å². The highest BCUT2D eigenvalue weighted by Crippen LogP contribution is 2.39. The first-order chi connectivity index (χ1) is 10.2. The summed E-state index contributed by atoms with van der Waals surface area (Å²) >= 11 is 5.95. The lowest BCUT2D eigenvalue weighted by Gasteiger charge is -2.15. The summed E-state index contributed by atoms with van der Waals surface area (Å²) in [6.45, 7) is 0.243. The van der Waals surface area contributed by atoms with E-state index in [0.717, 1.165) is 5.56 Å². The molecule has 0 atom stereocenters. The number of rotatable bonds is 6. The van der Waals surface area contributed by atoms with Crippen LogP contribution in [0.15, 0.2) is 36.4 Å². The maximum Gasteiger partial charge on any atom is 0.203 e. The molecule has 0 aromatic heterocycles. The standard InChI is InChI=1S/C16H17ClO4/c1-19-14-7-12(9-18)8-15(20-2)16(14)21-10-11-4-3-5-13(17)6-11/h3-8,18H,9-10H2,1-2H3. The van der Waals surface area contributed by atoms with Crippen LogP contribution in [0.1, 0.15) is 11.1 Å². The average molecular weight is 309 g/mol. The minimum Gasteiger partial charge on any atom is -0.493 e. The van der Waals surface area contributed by atoms with Crippen molar-refractivity contribution in [2.75, 3.05) is 14.2 Å². The van der Waals surface area contributed by atoms with E-state index in [1.54, 1.807) is 26.4 Å². The van der Waals surface area contributed by atoms with Gasteiger partial charge in [-0.3, -0.25) is 0 Å². The maximum atomic E-state index is 9.24. The fourth-order valence-electron chi connectivity index (χ4n) is 1.95. The van der Waals surface area contributed by atoms with Crippen LogP contribution < -0.4 is 14.2 Å². The maximum absolute atomic E-state index is 9.24. The van der Waals surface area contributed by atoms with E-state index in [1.807, 2.05) is 24.3 Å². The zero-order chi connectivity index (χ0) is 15.2. The molecule has 2 aromatic rings. The van der Waals surface area contributed by atoms with Crippen LogP contribution >= 0.6 is 11.6 Å². The molecular formula is C16H17ClO4. The Balaban J connectivity index is 2.26. The molecule has 0 heterocycles. The highest BCUT2D eigenvalue weighted by Gasteiger charge is 2.14. The Morgan fingerprint density at radius 3 is 2.19 bits per heavy atom. The second kappa shape index (κ2) is 7.20. The van der Waals surface area contributed by atoms with E-state index in [2.05, 4.69) is 0 Å². The molecule has 0 aliphatic carbocycles. The van der Waals surface area contributed by atoms with Gasteiger partial charge >= 0.3 is 0 Å². The topological polar surface area (TPSA) is 47.9 Å². The first-order valence-electron chi connectivity index (χ1n) is 6.41. The van der Waals surface area contributed by atoms with Gasteiger partial charge < -0.3 is 19.3 Å². The van der Waals surface area contributed by atoms with E-state index in [4.69, 9.17) is 25.8 Å². The molecule has 0 saturated carbocycles. The van der Waals surface area contributed by atoms with Crippen LogP contribution in [0.25, 0.3) is 0 Å². The van der Waals surface area contributed by atoms with E-state index in [9.17, 15) is 5.11 Å². The third kappa shape index (κ3) is 3.80. The van der Waals surface area contributed by atoms with Crippen LogP contribution in [-0.2, 0) is 13.2 Å². The summed E-state index contributed by atoms with van der Waals surface area (Å²) in [7, 11) is 3.09. The molecule has 0 saturated heterocycles. The smallest absolute Gasteiger partial charge is 0.203 e. The van der Waals surface area contributed by atoms with Gasteiger partial charge in [-0.25, -0.2) is 0 Å². The largest absolute Gasteiger partial charge is 0.493 e. The lowest BCUT2D eigenvalue weighted by molar-refractivity contribution is 0.260. The van der Waals surface area contributed by atoms with Crippen molar-refractivity contribution in [1.29, 1.82) is 0 Å². The Hall–Kier alpha value is -1.91. The van der Waals surface area contributed by atoms with Crippen LogP contribution in [0.5, 0.6) is 17.2 Å². The van der Waals surface area contributed by atoms with Crippen molar-refractivity contribution in [3.05, 3.63) is 52.5 Å². The Morgan fingerprint density at radius 2 is 1.67 bits per heavy atom. The van der Waals surface area contributed by atoms with Gasteiger partial charge in [0.15, 0.2) is 11.5 Å². The van der Waals surface area contributed by atoms with Crippen LogP contribution in [0.2, 0.25) is 5.02 Å². The summed E-state index contributed by atoms with van der Waals surface area (Å²) in [5.41, 5.74) is 1.64. The van der Waals surface area contributed by atoms with Crippen molar-refractivity contribution in [3.63, 3.8) is 0 Å². The van der Waals surface area contributed by atoms with Gasteiger partial charge in [0.2, 0.25) is 5.75 Å². The number of halogens is 1. The summed E-state index contributed by atoms with van der Waals surface area (Å²) in [6, 6.07) is 10.9. The van der Waals surface area contributed by atoms with Gasteiger partial charge in [0.1, 0.15) is 6.61 Å². The highest BCUT2D eigenvalue weighted by atomic mass is 35.5. The second-order valence-corrected chi connectivity index (χ2v) is 4.84. The molecule has 0 aliphatic rings. The van der Waals surface area contributed by atoms with Gasteiger partial charge in [0, 0.05) is 5.02 Å². The van der Waals surface area contributed by atoms with E-state index in [0.29, 0.717) is 34.4 Å². The SMILES string of the molecule is COc1cc(CO)cc(OC)c1OCc1cccc(Cl)c1. The van der Waals surface area contributed by atoms with Gasteiger partial charge in [-0.05, 0) is 35.4 Å². The van der Waals surface area contributed by atoms with Crippen molar-refractivity contribution in [1.82, 2.24) is 0 Å². The van der Waals surface area contributed by atoms with Crippen LogP contribution in [0.3, 0.4) is 0 Å². The minimum absolute atomic E-state index is 0.0959. The zero-order valence-electron chi connectivity index (χ0n) is 11.9. The van der Waals surface area contributed by atoms with Crippen molar-refractivity contribution in [2.45, 2.75) is 13.2 Å². The third-order valence-corrected chi connectivity index (χ3v) is 3.21. The summed E-state index contributed by atoms with van der Waals surface area (Å²) in [6.07, 6.45) is 0. The summed E-state index contributed by atoms with van der Waals surface area (Å²) in [5, 5.41) is 9.90. The quantitative estimate of drug-likeness (QED) is 0.888. The number of hydrogen-bond acceptors (Lipinski definition) is 4. The predicted octanol–water partition coefficient (Wildman–Crippen LogP) is 3.43. The van der Waals surface area contributed by atoms with Gasteiger partial charge in [-0.1, -0.05) is 23.7 Å². The van der Waals surface area contributed by atoms with Crippen molar-refractivity contribution in [3.8, 4) is 17.2 Å². The average Bonchev–Trinajstić information content (AvgIpc) is 2.52. The van der Waals surface area contributed by atoms with Crippen LogP contribution in [0, 0.1) is 0 Å². The zero-order valence-corrected chi connectivity index (χ0v) is 12.7. The molecule has 0 fully saturated rings. The van der Waals surface area contributed by atoms with E-state index in [1.165, 1.54) is 0 Å². The van der Waals surface area contributed by atoms with Gasteiger partial charge in [0.25, 0.3) is 0 Å². The first kappa shape index (κ1) is 15.5. The van der Waals surface area contributed by atoms with Crippen molar-refractivity contribution in [2.24, 2.45) is 0 Å². The van der Waals surface area contributed by atoms with Gasteiger partial charge in [-0.2, -0.15) is 0 Å². The van der Waals surface area contributed by atoms with Crippen LogP contribution in [0.4, 0.5) is 0 Å². The molecule has 112 valence electrons. The summed E-state index contributed by atoms with van der Waals surface area (Å²) < 4.78 is 16.4. The number of methoxy groups -OCH3 is 2. The monoisotopic (exact) mass is 308 g/mol. The number of aliphatic hydroxyl groups is 1.